The number of halogens is 6. The van der Waals surface area contributed by atoms with Crippen molar-refractivity contribution in [1.29, 1.82) is 0 Å². The van der Waals surface area contributed by atoms with Crippen molar-refractivity contribution in [2.75, 3.05) is 5.75 Å². The van der Waals surface area contributed by atoms with Crippen LogP contribution in [0.15, 0.2) is 29.2 Å². The lowest BCUT2D eigenvalue weighted by atomic mass is 10.2. The quantitative estimate of drug-likeness (QED) is 0.420. The third-order valence-electron chi connectivity index (χ3n) is 2.84. The van der Waals surface area contributed by atoms with Crippen molar-refractivity contribution in [2.45, 2.75) is 18.9 Å². The van der Waals surface area contributed by atoms with Gasteiger partial charge >= 0.3 is 5.97 Å². The highest BCUT2D eigenvalue weighted by atomic mass is 35.6. The van der Waals surface area contributed by atoms with E-state index < -0.39 is 13.6 Å². The number of alkyl halides is 6. The molecule has 1 aromatic heterocycles. The van der Waals surface area contributed by atoms with Gasteiger partial charge in [-0.3, -0.25) is 4.79 Å². The van der Waals surface area contributed by atoms with Crippen LogP contribution >= 0.6 is 81.4 Å². The van der Waals surface area contributed by atoms with Crippen LogP contribution in [0, 0.1) is 0 Å². The standard InChI is InChI=1S/C14H9Cl6N3O2S/c15-13(16,17)11-21-10(22-12(23-11)14(18,19)20)7-3-1-2-4-8(7)26-6-5-9(24)25/h1-4H,5-6H2,(H,24,25). The monoisotopic (exact) mass is 493 g/mol. The lowest BCUT2D eigenvalue weighted by Crippen LogP contribution is -2.17. The molecule has 0 saturated heterocycles. The van der Waals surface area contributed by atoms with E-state index in [-0.39, 0.29) is 23.9 Å². The summed E-state index contributed by atoms with van der Waals surface area (Å²) in [6.45, 7) is 0. The number of carbonyl (C=O) groups is 1. The van der Waals surface area contributed by atoms with Crippen molar-refractivity contribution in [3.63, 3.8) is 0 Å². The topological polar surface area (TPSA) is 76.0 Å². The molecule has 0 spiro atoms. The minimum atomic E-state index is -1.95. The molecule has 5 nitrogen and oxygen atoms in total. The van der Waals surface area contributed by atoms with E-state index in [2.05, 4.69) is 15.0 Å². The first-order chi connectivity index (χ1) is 12.0. The molecule has 12 heteroatoms. The van der Waals surface area contributed by atoms with E-state index in [9.17, 15) is 4.79 Å². The summed E-state index contributed by atoms with van der Waals surface area (Å²) < 4.78 is -3.90. The second-order valence-electron chi connectivity index (χ2n) is 4.79. The summed E-state index contributed by atoms with van der Waals surface area (Å²) in [6, 6.07) is 7.06. The summed E-state index contributed by atoms with van der Waals surface area (Å²) in [5.41, 5.74) is 0.566. The number of aliphatic carboxylic acids is 1. The van der Waals surface area contributed by atoms with Crippen molar-refractivity contribution in [3.8, 4) is 11.4 Å². The van der Waals surface area contributed by atoms with Crippen LogP contribution < -0.4 is 0 Å². The lowest BCUT2D eigenvalue weighted by Gasteiger charge is -2.16. The maximum Gasteiger partial charge on any atom is 0.304 e. The maximum absolute atomic E-state index is 10.7. The van der Waals surface area contributed by atoms with Crippen molar-refractivity contribution in [3.05, 3.63) is 35.9 Å². The third kappa shape index (κ3) is 6.16. The van der Waals surface area contributed by atoms with Gasteiger partial charge in [0.25, 0.3) is 0 Å². The number of carboxylic acid groups (broad SMARTS) is 1. The molecule has 1 aromatic carbocycles. The van der Waals surface area contributed by atoms with Crippen LogP contribution in [0.3, 0.4) is 0 Å². The van der Waals surface area contributed by atoms with Gasteiger partial charge in [-0.15, -0.1) is 11.8 Å². The van der Waals surface area contributed by atoms with E-state index in [1.807, 2.05) is 0 Å². The summed E-state index contributed by atoms with van der Waals surface area (Å²) in [5, 5.41) is 8.80. The van der Waals surface area contributed by atoms with Crippen molar-refractivity contribution < 1.29 is 9.90 Å². The number of hydrogen-bond donors (Lipinski definition) is 1. The maximum atomic E-state index is 10.7. The summed E-state index contributed by atoms with van der Waals surface area (Å²) in [7, 11) is 0. The predicted molar refractivity (Wildman–Crippen MR) is 107 cm³/mol. The molecule has 0 fully saturated rings. The first-order valence-corrected chi connectivity index (χ1v) is 10.1. The SMILES string of the molecule is O=C(O)CCSc1ccccc1-c1nc(C(Cl)(Cl)Cl)nc(C(Cl)(Cl)Cl)n1. The molecule has 0 saturated carbocycles. The number of aromatic nitrogens is 3. The van der Waals surface area contributed by atoms with Crippen LogP contribution in [-0.4, -0.2) is 31.8 Å². The zero-order valence-corrected chi connectivity index (χ0v) is 17.9. The first-order valence-electron chi connectivity index (χ1n) is 6.83. The minimum absolute atomic E-state index is 0.00495. The highest BCUT2D eigenvalue weighted by molar-refractivity contribution is 7.99. The Morgan fingerprint density at radius 1 is 0.962 bits per heavy atom. The molecule has 0 radical (unpaired) electrons. The fraction of sp³-hybridized carbons (Fsp3) is 0.286. The lowest BCUT2D eigenvalue weighted by molar-refractivity contribution is -0.136. The Morgan fingerprint density at radius 2 is 1.50 bits per heavy atom. The molecule has 1 heterocycles. The van der Waals surface area contributed by atoms with Crippen LogP contribution in [0.1, 0.15) is 18.1 Å². The Labute approximate surface area is 183 Å². The van der Waals surface area contributed by atoms with E-state index in [1.54, 1.807) is 24.3 Å². The Kier molecular flexibility index (Phi) is 7.53. The van der Waals surface area contributed by atoms with Crippen molar-refractivity contribution in [2.24, 2.45) is 0 Å². The van der Waals surface area contributed by atoms with Crippen molar-refractivity contribution >= 4 is 87.3 Å². The summed E-state index contributed by atoms with van der Waals surface area (Å²) >= 11 is 36.6. The molecule has 1 N–H and O–H groups in total. The van der Waals surface area contributed by atoms with E-state index in [1.165, 1.54) is 11.8 Å². The fourth-order valence-electron chi connectivity index (χ4n) is 1.78. The van der Waals surface area contributed by atoms with Gasteiger partial charge in [0.15, 0.2) is 17.5 Å². The highest BCUT2D eigenvalue weighted by Crippen LogP contribution is 2.41. The average molecular weight is 496 g/mol. The zero-order valence-electron chi connectivity index (χ0n) is 12.6. The minimum Gasteiger partial charge on any atom is -0.481 e. The van der Waals surface area contributed by atoms with E-state index in [0.29, 0.717) is 11.3 Å². The van der Waals surface area contributed by atoms with Crippen LogP contribution in [0.25, 0.3) is 11.4 Å². The highest BCUT2D eigenvalue weighted by Gasteiger charge is 2.34. The van der Waals surface area contributed by atoms with Crippen LogP contribution in [0.5, 0.6) is 0 Å². The predicted octanol–water partition coefficient (Wildman–Crippen LogP) is 5.76. The largest absolute Gasteiger partial charge is 0.481 e. The second kappa shape index (κ2) is 8.86. The van der Waals surface area contributed by atoms with Crippen LogP contribution in [0.4, 0.5) is 0 Å². The number of benzene rings is 1. The van der Waals surface area contributed by atoms with Gasteiger partial charge in [-0.25, -0.2) is 15.0 Å². The molecular weight excluding hydrogens is 487 g/mol. The molecular formula is C14H9Cl6N3O2S. The molecule has 0 aliphatic heterocycles. The van der Waals surface area contributed by atoms with Crippen LogP contribution in [-0.2, 0) is 12.4 Å². The first kappa shape index (κ1) is 22.1. The summed E-state index contributed by atoms with van der Waals surface area (Å²) in [5.74, 6) is -0.794. The Hall–Kier alpha value is -0.210. The van der Waals surface area contributed by atoms with Gasteiger partial charge < -0.3 is 5.11 Å². The molecule has 0 aliphatic carbocycles. The van der Waals surface area contributed by atoms with E-state index >= 15 is 0 Å². The number of nitrogens with zero attached hydrogens (tertiary/aromatic N) is 3. The number of carboxylic acids is 1. The average Bonchev–Trinajstić information content (AvgIpc) is 2.53. The fourth-order valence-corrected chi connectivity index (χ4v) is 3.27. The molecule has 26 heavy (non-hydrogen) atoms. The molecule has 0 bridgehead atoms. The summed E-state index contributed by atoms with van der Waals surface area (Å²) in [4.78, 5) is 23.7. The van der Waals surface area contributed by atoms with Gasteiger partial charge in [-0.1, -0.05) is 87.8 Å². The van der Waals surface area contributed by atoms with E-state index in [0.717, 1.165) is 4.90 Å². The normalized spacial score (nSPS) is 12.2. The number of thioether (sulfide) groups is 1. The molecule has 0 aliphatic rings. The van der Waals surface area contributed by atoms with Gasteiger partial charge in [0.1, 0.15) is 0 Å². The molecule has 0 amide bonds. The van der Waals surface area contributed by atoms with Gasteiger partial charge in [0.05, 0.1) is 6.42 Å². The van der Waals surface area contributed by atoms with Crippen LogP contribution in [0.2, 0.25) is 0 Å². The third-order valence-corrected chi connectivity index (χ3v) is 4.93. The molecule has 2 rings (SSSR count). The number of rotatable bonds is 5. The van der Waals surface area contributed by atoms with Gasteiger partial charge in [-0.2, -0.15) is 0 Å². The molecule has 2 aromatic rings. The van der Waals surface area contributed by atoms with Gasteiger partial charge in [-0.05, 0) is 6.07 Å². The van der Waals surface area contributed by atoms with Crippen molar-refractivity contribution in [1.82, 2.24) is 15.0 Å². The van der Waals surface area contributed by atoms with Gasteiger partial charge in [0.2, 0.25) is 7.59 Å². The molecule has 0 atom stereocenters. The zero-order chi connectivity index (χ0) is 19.5. The second-order valence-corrected chi connectivity index (χ2v) is 10.5. The Morgan fingerprint density at radius 3 is 2.00 bits per heavy atom. The summed E-state index contributed by atoms with van der Waals surface area (Å²) in [6.07, 6.45) is -0.00495. The van der Waals surface area contributed by atoms with Gasteiger partial charge in [0, 0.05) is 16.2 Å². The molecule has 0 unspecified atom stereocenters. The Bertz CT molecular complexity index is 778. The molecule has 140 valence electrons. The smallest absolute Gasteiger partial charge is 0.304 e. The van der Waals surface area contributed by atoms with E-state index in [4.69, 9.17) is 74.7 Å². The Balaban J connectivity index is 2.52. The number of hydrogen-bond acceptors (Lipinski definition) is 5.